The minimum absolute atomic E-state index is 0.00831. The van der Waals surface area contributed by atoms with Gasteiger partial charge in [0.25, 0.3) is 0 Å². The van der Waals surface area contributed by atoms with E-state index in [4.69, 9.17) is 9.47 Å². The lowest BCUT2D eigenvalue weighted by molar-refractivity contribution is -0.117. The maximum Gasteiger partial charge on any atom is 0.322 e. The molecule has 2 aromatic rings. The smallest absolute Gasteiger partial charge is 0.322 e. The molecule has 150 valence electrons. The predicted molar refractivity (Wildman–Crippen MR) is 109 cm³/mol. The van der Waals surface area contributed by atoms with Crippen molar-refractivity contribution in [2.24, 2.45) is 0 Å². The number of carbonyl (C=O) groups excluding carboxylic acids is 2. The van der Waals surface area contributed by atoms with Gasteiger partial charge in [-0.05, 0) is 36.6 Å². The van der Waals surface area contributed by atoms with Gasteiger partial charge in [-0.2, -0.15) is 0 Å². The molecule has 7 nitrogen and oxygen atoms in total. The van der Waals surface area contributed by atoms with Gasteiger partial charge in [-0.3, -0.25) is 9.69 Å². The largest absolute Gasteiger partial charge is 0.486 e. The fraction of sp³-hybridized carbons (Fsp3) is 0.364. The summed E-state index contributed by atoms with van der Waals surface area (Å²) in [5.41, 5.74) is 2.91. The molecule has 5 rings (SSSR count). The van der Waals surface area contributed by atoms with E-state index in [9.17, 15) is 9.59 Å². The number of aryl methyl sites for hydroxylation is 1. The summed E-state index contributed by atoms with van der Waals surface area (Å²) in [4.78, 5) is 29.0. The number of carbonyl (C=O) groups is 2. The van der Waals surface area contributed by atoms with Crippen LogP contribution in [0.2, 0.25) is 0 Å². The Hall–Kier alpha value is -3.22. The van der Waals surface area contributed by atoms with Crippen LogP contribution in [0, 0.1) is 0 Å². The van der Waals surface area contributed by atoms with Crippen molar-refractivity contribution in [3.63, 3.8) is 0 Å². The third-order valence-electron chi connectivity index (χ3n) is 5.65. The lowest BCUT2D eigenvalue weighted by Gasteiger charge is -2.30. The van der Waals surface area contributed by atoms with Crippen molar-refractivity contribution in [2.75, 3.05) is 36.1 Å². The lowest BCUT2D eigenvalue weighted by Crippen LogP contribution is -2.47. The molecule has 0 aromatic heterocycles. The van der Waals surface area contributed by atoms with E-state index in [0.29, 0.717) is 37.8 Å². The van der Waals surface area contributed by atoms with E-state index in [0.717, 1.165) is 24.2 Å². The van der Waals surface area contributed by atoms with E-state index in [1.54, 1.807) is 9.80 Å². The summed E-state index contributed by atoms with van der Waals surface area (Å²) < 4.78 is 11.2. The minimum atomic E-state index is -0.225. The molecule has 3 aliphatic rings. The first-order valence-electron chi connectivity index (χ1n) is 10.0. The van der Waals surface area contributed by atoms with E-state index < -0.39 is 0 Å². The van der Waals surface area contributed by atoms with Gasteiger partial charge < -0.3 is 19.7 Å². The van der Waals surface area contributed by atoms with Crippen LogP contribution in [0.3, 0.4) is 0 Å². The Morgan fingerprint density at radius 3 is 2.79 bits per heavy atom. The molecule has 1 N–H and O–H groups in total. The molecule has 2 aromatic carbocycles. The molecule has 3 aliphatic heterocycles. The number of rotatable bonds is 2. The predicted octanol–water partition coefficient (Wildman–Crippen LogP) is 2.73. The summed E-state index contributed by atoms with van der Waals surface area (Å²) in [6, 6.07) is 13.2. The van der Waals surface area contributed by atoms with Gasteiger partial charge in [0.1, 0.15) is 13.2 Å². The van der Waals surface area contributed by atoms with Gasteiger partial charge in [-0.25, -0.2) is 4.79 Å². The Morgan fingerprint density at radius 1 is 1.07 bits per heavy atom. The third kappa shape index (κ3) is 3.37. The van der Waals surface area contributed by atoms with Crippen molar-refractivity contribution < 1.29 is 19.1 Å². The van der Waals surface area contributed by atoms with E-state index in [1.165, 1.54) is 5.56 Å². The number of fused-ring (bicyclic) bond motifs is 2. The number of ether oxygens (including phenoxy) is 2. The molecule has 0 aliphatic carbocycles. The maximum absolute atomic E-state index is 12.9. The highest BCUT2D eigenvalue weighted by Crippen LogP contribution is 2.35. The van der Waals surface area contributed by atoms with E-state index in [1.807, 2.05) is 36.4 Å². The molecule has 0 radical (unpaired) electrons. The van der Waals surface area contributed by atoms with Crippen LogP contribution in [0.25, 0.3) is 0 Å². The van der Waals surface area contributed by atoms with Gasteiger partial charge in [-0.15, -0.1) is 0 Å². The summed E-state index contributed by atoms with van der Waals surface area (Å²) in [6.07, 6.45) is 2.22. The van der Waals surface area contributed by atoms with E-state index in [2.05, 4.69) is 11.4 Å². The molecule has 3 amide bonds. The molecule has 7 heteroatoms. The average Bonchev–Trinajstić information content (AvgIpc) is 3.12. The second-order valence-electron chi connectivity index (χ2n) is 7.57. The Labute approximate surface area is 169 Å². The third-order valence-corrected chi connectivity index (χ3v) is 5.65. The Kier molecular flexibility index (Phi) is 4.50. The van der Waals surface area contributed by atoms with Crippen molar-refractivity contribution in [2.45, 2.75) is 25.3 Å². The van der Waals surface area contributed by atoms with Crippen molar-refractivity contribution in [1.82, 2.24) is 5.32 Å². The first-order valence-corrected chi connectivity index (χ1v) is 10.0. The maximum atomic E-state index is 12.9. The standard InChI is InChI=1S/C22H23N3O4/c26-21-12-16(14-25(21)17-7-8-19-20(13-17)29-11-10-28-19)23-22(27)24-9-3-5-15-4-1-2-6-18(15)24/h1-2,4,6-8,13,16H,3,5,9-12,14H2,(H,23,27)/t16-/m0/s1. The average molecular weight is 393 g/mol. The van der Waals surface area contributed by atoms with Gasteiger partial charge in [0.2, 0.25) is 5.91 Å². The number of benzene rings is 2. The van der Waals surface area contributed by atoms with Crippen molar-refractivity contribution in [3.8, 4) is 11.5 Å². The van der Waals surface area contributed by atoms with Crippen LogP contribution >= 0.6 is 0 Å². The summed E-state index contributed by atoms with van der Waals surface area (Å²) in [5, 5.41) is 3.05. The van der Waals surface area contributed by atoms with Crippen LogP contribution in [0.5, 0.6) is 11.5 Å². The number of hydrogen-bond donors (Lipinski definition) is 1. The molecule has 1 saturated heterocycles. The topological polar surface area (TPSA) is 71.1 Å². The van der Waals surface area contributed by atoms with E-state index >= 15 is 0 Å². The molecule has 3 heterocycles. The Bertz CT molecular complexity index is 961. The van der Waals surface area contributed by atoms with Crippen LogP contribution in [-0.2, 0) is 11.2 Å². The number of anilines is 2. The second kappa shape index (κ2) is 7.31. The molecule has 1 fully saturated rings. The van der Waals surface area contributed by atoms with Crippen LogP contribution < -0.4 is 24.6 Å². The first kappa shape index (κ1) is 17.8. The van der Waals surface area contributed by atoms with E-state index in [-0.39, 0.29) is 24.4 Å². The van der Waals surface area contributed by atoms with Gasteiger partial charge in [0.15, 0.2) is 11.5 Å². The molecule has 29 heavy (non-hydrogen) atoms. The zero-order valence-corrected chi connectivity index (χ0v) is 16.1. The number of hydrogen-bond acceptors (Lipinski definition) is 4. The quantitative estimate of drug-likeness (QED) is 0.852. The number of urea groups is 1. The Morgan fingerprint density at radius 2 is 1.90 bits per heavy atom. The Balaban J connectivity index is 1.28. The van der Waals surface area contributed by atoms with Crippen LogP contribution in [0.1, 0.15) is 18.4 Å². The molecule has 0 saturated carbocycles. The van der Waals surface area contributed by atoms with Crippen molar-refractivity contribution >= 4 is 23.3 Å². The lowest BCUT2D eigenvalue weighted by atomic mass is 10.0. The molecule has 0 unspecified atom stereocenters. The summed E-state index contributed by atoms with van der Waals surface area (Å²) in [7, 11) is 0. The van der Waals surface area contributed by atoms with Crippen LogP contribution in [0.15, 0.2) is 42.5 Å². The highest BCUT2D eigenvalue weighted by Gasteiger charge is 2.34. The fourth-order valence-electron chi connectivity index (χ4n) is 4.25. The number of amides is 3. The molecular formula is C22H23N3O4. The summed E-state index contributed by atoms with van der Waals surface area (Å²) >= 11 is 0. The number of para-hydroxylation sites is 1. The van der Waals surface area contributed by atoms with Crippen molar-refractivity contribution in [1.29, 1.82) is 0 Å². The second-order valence-corrected chi connectivity index (χ2v) is 7.57. The highest BCUT2D eigenvalue weighted by molar-refractivity contribution is 5.98. The highest BCUT2D eigenvalue weighted by atomic mass is 16.6. The number of nitrogens with one attached hydrogen (secondary N) is 1. The van der Waals surface area contributed by atoms with Crippen LogP contribution in [0.4, 0.5) is 16.2 Å². The van der Waals surface area contributed by atoms with Gasteiger partial charge in [-0.1, -0.05) is 18.2 Å². The van der Waals surface area contributed by atoms with Crippen molar-refractivity contribution in [3.05, 3.63) is 48.0 Å². The minimum Gasteiger partial charge on any atom is -0.486 e. The zero-order valence-electron chi connectivity index (χ0n) is 16.1. The monoisotopic (exact) mass is 393 g/mol. The number of nitrogens with zero attached hydrogens (tertiary/aromatic N) is 2. The SMILES string of the molecule is O=C1C[C@H](NC(=O)N2CCCc3ccccc32)CN1c1ccc2c(c1)OCCO2. The van der Waals surface area contributed by atoms with Gasteiger partial charge in [0.05, 0.1) is 6.04 Å². The van der Waals surface area contributed by atoms with Gasteiger partial charge >= 0.3 is 6.03 Å². The fourth-order valence-corrected chi connectivity index (χ4v) is 4.25. The normalized spacial score (nSPS) is 20.4. The van der Waals surface area contributed by atoms with Crippen LogP contribution in [-0.4, -0.2) is 44.3 Å². The molecule has 0 bridgehead atoms. The molecule has 1 atom stereocenters. The zero-order chi connectivity index (χ0) is 19.8. The first-order chi connectivity index (χ1) is 14.2. The molecular weight excluding hydrogens is 370 g/mol. The summed E-state index contributed by atoms with van der Waals surface area (Å²) in [6.45, 7) is 2.16. The van der Waals surface area contributed by atoms with Gasteiger partial charge in [0, 0.05) is 37.0 Å². The molecule has 0 spiro atoms. The summed E-state index contributed by atoms with van der Waals surface area (Å²) in [5.74, 6) is 1.34.